The normalized spacial score (nSPS) is 17.1. The lowest BCUT2D eigenvalue weighted by Gasteiger charge is -2.15. The molecule has 1 aliphatic rings. The van der Waals surface area contributed by atoms with E-state index in [1.807, 2.05) is 4.68 Å². The predicted molar refractivity (Wildman–Crippen MR) is 74.4 cm³/mol. The second-order valence-corrected chi connectivity index (χ2v) is 5.37. The van der Waals surface area contributed by atoms with Crippen molar-refractivity contribution < 1.29 is 4.39 Å². The van der Waals surface area contributed by atoms with Gasteiger partial charge in [0.1, 0.15) is 5.82 Å². The minimum Gasteiger partial charge on any atom is -0.399 e. The number of nitrogens with two attached hydrogens (primary N) is 1. The molecule has 1 aromatic heterocycles. The third-order valence-corrected chi connectivity index (χ3v) is 3.84. The largest absolute Gasteiger partial charge is 0.399 e. The summed E-state index contributed by atoms with van der Waals surface area (Å²) in [5.74, 6) is 0.235. The lowest BCUT2D eigenvalue weighted by Crippen LogP contribution is -2.12. The number of hydrogen-bond donors (Lipinski definition) is 1. The molecule has 0 aliphatic heterocycles. The van der Waals surface area contributed by atoms with Gasteiger partial charge < -0.3 is 5.73 Å². The Hall–Kier alpha value is -1.98. The van der Waals surface area contributed by atoms with Gasteiger partial charge in [-0.2, -0.15) is 0 Å². The van der Waals surface area contributed by atoms with Gasteiger partial charge in [-0.15, -0.1) is 5.10 Å². The molecule has 106 valence electrons. The molecule has 0 radical (unpaired) electrons. The molecule has 3 rings (SSSR count). The van der Waals surface area contributed by atoms with Crippen LogP contribution in [0.3, 0.4) is 0 Å². The van der Waals surface area contributed by atoms with E-state index in [1.54, 1.807) is 6.07 Å². The zero-order valence-electron chi connectivity index (χ0n) is 11.3. The maximum Gasteiger partial charge on any atom is 0.182 e. The zero-order valence-corrected chi connectivity index (χ0v) is 11.3. The fourth-order valence-electron chi connectivity index (χ4n) is 2.87. The molecule has 0 spiro atoms. The van der Waals surface area contributed by atoms with Crippen molar-refractivity contribution in [2.24, 2.45) is 0 Å². The number of rotatable bonds is 2. The summed E-state index contributed by atoms with van der Waals surface area (Å²) in [7, 11) is 0. The van der Waals surface area contributed by atoms with Crippen LogP contribution < -0.4 is 5.73 Å². The SMILES string of the molecule is Nc1cc(F)cc(-c2nnnn2C2CCCCCC2)c1. The minimum absolute atomic E-state index is 0.298. The lowest BCUT2D eigenvalue weighted by molar-refractivity contribution is 0.400. The maximum atomic E-state index is 13.5. The summed E-state index contributed by atoms with van der Waals surface area (Å²) in [6.07, 6.45) is 7.05. The first-order valence-electron chi connectivity index (χ1n) is 7.08. The number of tetrazole rings is 1. The molecule has 1 fully saturated rings. The van der Waals surface area contributed by atoms with Crippen LogP contribution in [0, 0.1) is 5.82 Å². The van der Waals surface area contributed by atoms with Crippen molar-refractivity contribution in [3.63, 3.8) is 0 Å². The third kappa shape index (κ3) is 2.64. The molecular formula is C14H18FN5. The van der Waals surface area contributed by atoms with Gasteiger partial charge in [-0.3, -0.25) is 0 Å². The molecule has 0 saturated heterocycles. The van der Waals surface area contributed by atoms with Gasteiger partial charge in [0.2, 0.25) is 0 Å². The molecule has 20 heavy (non-hydrogen) atoms. The molecule has 1 saturated carbocycles. The maximum absolute atomic E-state index is 13.5. The molecule has 5 nitrogen and oxygen atoms in total. The summed E-state index contributed by atoms with van der Waals surface area (Å²) in [6, 6.07) is 4.73. The van der Waals surface area contributed by atoms with E-state index in [4.69, 9.17) is 5.73 Å². The standard InChI is InChI=1S/C14H18FN5/c15-11-7-10(8-12(16)9-11)14-17-18-19-20(14)13-5-3-1-2-4-6-13/h7-9,13H,1-6,16H2. The molecule has 1 heterocycles. The second-order valence-electron chi connectivity index (χ2n) is 5.37. The Bertz CT molecular complexity index is 567. The highest BCUT2D eigenvalue weighted by molar-refractivity contribution is 5.61. The van der Waals surface area contributed by atoms with Gasteiger partial charge in [0, 0.05) is 11.3 Å². The van der Waals surface area contributed by atoms with E-state index in [2.05, 4.69) is 15.5 Å². The van der Waals surface area contributed by atoms with Crippen LogP contribution in [0.2, 0.25) is 0 Å². The number of aromatic nitrogens is 4. The van der Waals surface area contributed by atoms with Gasteiger partial charge in [0.15, 0.2) is 5.82 Å². The summed E-state index contributed by atoms with van der Waals surface area (Å²) in [5, 5.41) is 11.9. The number of halogens is 1. The van der Waals surface area contributed by atoms with Crippen molar-refractivity contribution in [3.05, 3.63) is 24.0 Å². The van der Waals surface area contributed by atoms with Crippen LogP contribution in [-0.4, -0.2) is 20.2 Å². The Morgan fingerprint density at radius 1 is 1.10 bits per heavy atom. The molecule has 2 aromatic rings. The van der Waals surface area contributed by atoms with Crippen molar-refractivity contribution in [3.8, 4) is 11.4 Å². The fourth-order valence-corrected chi connectivity index (χ4v) is 2.87. The smallest absolute Gasteiger partial charge is 0.182 e. The first-order valence-corrected chi connectivity index (χ1v) is 7.08. The molecule has 0 atom stereocenters. The van der Waals surface area contributed by atoms with Crippen LogP contribution in [0.15, 0.2) is 18.2 Å². The van der Waals surface area contributed by atoms with Crippen LogP contribution >= 0.6 is 0 Å². The average molecular weight is 275 g/mol. The topological polar surface area (TPSA) is 69.6 Å². The van der Waals surface area contributed by atoms with Crippen molar-refractivity contribution in [2.75, 3.05) is 5.73 Å². The highest BCUT2D eigenvalue weighted by Gasteiger charge is 2.20. The Kier molecular flexibility index (Phi) is 3.62. The number of nitrogens with zero attached hydrogens (tertiary/aromatic N) is 4. The Morgan fingerprint density at radius 3 is 2.55 bits per heavy atom. The van der Waals surface area contributed by atoms with Crippen LogP contribution in [0.4, 0.5) is 10.1 Å². The van der Waals surface area contributed by atoms with Crippen LogP contribution in [0.5, 0.6) is 0 Å². The average Bonchev–Trinajstić information content (AvgIpc) is 2.73. The van der Waals surface area contributed by atoms with Crippen molar-refractivity contribution in [1.29, 1.82) is 0 Å². The first kappa shape index (κ1) is 13.0. The molecule has 1 aromatic carbocycles. The monoisotopic (exact) mass is 275 g/mol. The van der Waals surface area contributed by atoms with Crippen molar-refractivity contribution in [1.82, 2.24) is 20.2 Å². The molecule has 2 N–H and O–H groups in total. The van der Waals surface area contributed by atoms with E-state index in [1.165, 1.54) is 37.8 Å². The highest BCUT2D eigenvalue weighted by atomic mass is 19.1. The number of anilines is 1. The second kappa shape index (κ2) is 5.56. The number of benzene rings is 1. The van der Waals surface area contributed by atoms with Gasteiger partial charge in [0.25, 0.3) is 0 Å². The van der Waals surface area contributed by atoms with Gasteiger partial charge in [-0.1, -0.05) is 25.7 Å². The first-order chi connectivity index (χ1) is 9.74. The Morgan fingerprint density at radius 2 is 1.85 bits per heavy atom. The van der Waals surface area contributed by atoms with E-state index in [0.717, 1.165) is 12.8 Å². The summed E-state index contributed by atoms with van der Waals surface area (Å²) in [6.45, 7) is 0. The molecule has 0 amide bonds. The summed E-state index contributed by atoms with van der Waals surface area (Å²) in [5.41, 5.74) is 6.72. The quantitative estimate of drug-likeness (QED) is 0.675. The summed E-state index contributed by atoms with van der Waals surface area (Å²) < 4.78 is 15.3. The molecular weight excluding hydrogens is 257 g/mol. The predicted octanol–water partition coefficient (Wildman–Crippen LogP) is 2.96. The van der Waals surface area contributed by atoms with E-state index < -0.39 is 0 Å². The van der Waals surface area contributed by atoms with E-state index >= 15 is 0 Å². The summed E-state index contributed by atoms with van der Waals surface area (Å²) in [4.78, 5) is 0. The van der Waals surface area contributed by atoms with Crippen LogP contribution in [0.1, 0.15) is 44.6 Å². The molecule has 1 aliphatic carbocycles. The van der Waals surface area contributed by atoms with E-state index in [9.17, 15) is 4.39 Å². The van der Waals surface area contributed by atoms with Crippen molar-refractivity contribution in [2.45, 2.75) is 44.6 Å². The molecule has 6 heteroatoms. The fraction of sp³-hybridized carbons (Fsp3) is 0.500. The van der Waals surface area contributed by atoms with Gasteiger partial charge >= 0.3 is 0 Å². The van der Waals surface area contributed by atoms with Gasteiger partial charge in [-0.05, 0) is 41.5 Å². The van der Waals surface area contributed by atoms with Gasteiger partial charge in [-0.25, -0.2) is 9.07 Å². The highest BCUT2D eigenvalue weighted by Crippen LogP contribution is 2.30. The van der Waals surface area contributed by atoms with Crippen LogP contribution in [0.25, 0.3) is 11.4 Å². The number of hydrogen-bond acceptors (Lipinski definition) is 4. The van der Waals surface area contributed by atoms with E-state index in [0.29, 0.717) is 23.1 Å². The van der Waals surface area contributed by atoms with E-state index in [-0.39, 0.29) is 5.82 Å². The molecule has 0 unspecified atom stereocenters. The Labute approximate surface area is 117 Å². The lowest BCUT2D eigenvalue weighted by atomic mass is 10.1. The van der Waals surface area contributed by atoms with Crippen molar-refractivity contribution >= 4 is 5.69 Å². The number of nitrogen functional groups attached to an aromatic ring is 1. The Balaban J connectivity index is 1.96. The third-order valence-electron chi connectivity index (χ3n) is 3.84. The summed E-state index contributed by atoms with van der Waals surface area (Å²) >= 11 is 0. The van der Waals surface area contributed by atoms with Gasteiger partial charge in [0.05, 0.1) is 6.04 Å². The molecule has 0 bridgehead atoms. The zero-order chi connectivity index (χ0) is 13.9. The minimum atomic E-state index is -0.365. The van der Waals surface area contributed by atoms with Crippen LogP contribution in [-0.2, 0) is 0 Å².